The minimum Gasteiger partial charge on any atom is -0.364 e. The molecule has 10 heteroatoms. The van der Waals surface area contributed by atoms with E-state index in [4.69, 9.17) is 5.73 Å². The van der Waals surface area contributed by atoms with Crippen molar-refractivity contribution >= 4 is 29.4 Å². The number of anilines is 1. The molecular formula is C20H22N6O4. The molecule has 1 aromatic carbocycles. The summed E-state index contributed by atoms with van der Waals surface area (Å²) in [4.78, 5) is 54.5. The van der Waals surface area contributed by atoms with E-state index in [0.29, 0.717) is 13.1 Å². The van der Waals surface area contributed by atoms with Gasteiger partial charge in [-0.1, -0.05) is 24.3 Å². The normalized spacial score (nSPS) is 18.2. The fraction of sp³-hybridized carbons (Fsp3) is 0.350. The van der Waals surface area contributed by atoms with Crippen LogP contribution < -0.4 is 16.4 Å². The van der Waals surface area contributed by atoms with Crippen molar-refractivity contribution in [3.8, 4) is 0 Å². The Morgan fingerprint density at radius 3 is 2.57 bits per heavy atom. The minimum absolute atomic E-state index is 0.0166. The molecule has 30 heavy (non-hydrogen) atoms. The van der Waals surface area contributed by atoms with Crippen LogP contribution in [0.3, 0.4) is 0 Å². The van der Waals surface area contributed by atoms with E-state index in [0.717, 1.165) is 11.1 Å². The summed E-state index contributed by atoms with van der Waals surface area (Å²) >= 11 is 0. The van der Waals surface area contributed by atoms with Crippen molar-refractivity contribution in [1.29, 1.82) is 0 Å². The topological polar surface area (TPSA) is 139 Å². The van der Waals surface area contributed by atoms with E-state index in [2.05, 4.69) is 15.6 Å². The SMILES string of the molecule is C[C@@H](NC(=O)CC1Cn2cnc(C(N)=O)c2NC1=O)C(=O)N1Cc2ccccc2C1. The van der Waals surface area contributed by atoms with Gasteiger partial charge in [-0.2, -0.15) is 0 Å². The number of amides is 4. The van der Waals surface area contributed by atoms with Gasteiger partial charge in [-0.15, -0.1) is 0 Å². The standard InChI is InChI=1S/C20H22N6O4/c1-11(20(30)25-7-12-4-2-3-5-13(12)8-25)23-15(27)6-14-9-26-10-22-16(17(21)28)18(26)24-19(14)29/h2-5,10-11,14H,6-9H2,1H3,(H2,21,28)(H,23,27)(H,24,29)/t11-,14?/m1/s1. The molecule has 2 atom stereocenters. The highest BCUT2D eigenvalue weighted by Gasteiger charge is 2.33. The first-order valence-electron chi connectivity index (χ1n) is 9.64. The van der Waals surface area contributed by atoms with Gasteiger partial charge in [0.15, 0.2) is 5.69 Å². The first-order chi connectivity index (χ1) is 14.3. The highest BCUT2D eigenvalue weighted by Crippen LogP contribution is 2.25. The predicted molar refractivity (Wildman–Crippen MR) is 106 cm³/mol. The molecule has 156 valence electrons. The third-order valence-corrected chi connectivity index (χ3v) is 5.43. The molecule has 10 nitrogen and oxygen atoms in total. The molecule has 4 N–H and O–H groups in total. The van der Waals surface area contributed by atoms with Crippen molar-refractivity contribution in [3.63, 3.8) is 0 Å². The minimum atomic E-state index is -0.739. The summed E-state index contributed by atoms with van der Waals surface area (Å²) in [5, 5.41) is 5.27. The van der Waals surface area contributed by atoms with Gasteiger partial charge in [-0.05, 0) is 18.1 Å². The molecule has 0 fully saturated rings. The number of fused-ring (bicyclic) bond motifs is 2. The van der Waals surface area contributed by atoms with Crippen molar-refractivity contribution < 1.29 is 19.2 Å². The van der Waals surface area contributed by atoms with Crippen molar-refractivity contribution in [3.05, 3.63) is 47.4 Å². The maximum Gasteiger partial charge on any atom is 0.271 e. The lowest BCUT2D eigenvalue weighted by atomic mass is 10.0. The second-order valence-corrected chi connectivity index (χ2v) is 7.60. The van der Waals surface area contributed by atoms with Gasteiger partial charge in [0, 0.05) is 26.1 Å². The van der Waals surface area contributed by atoms with E-state index < -0.39 is 29.7 Å². The number of nitrogens with zero attached hydrogens (tertiary/aromatic N) is 3. The number of nitrogens with one attached hydrogen (secondary N) is 2. The Balaban J connectivity index is 1.34. The summed E-state index contributed by atoms with van der Waals surface area (Å²) in [7, 11) is 0. The van der Waals surface area contributed by atoms with Crippen LogP contribution in [0.25, 0.3) is 0 Å². The van der Waals surface area contributed by atoms with Crippen LogP contribution in [0.4, 0.5) is 5.82 Å². The maximum atomic E-state index is 12.7. The molecule has 4 amide bonds. The van der Waals surface area contributed by atoms with E-state index in [1.807, 2.05) is 24.3 Å². The van der Waals surface area contributed by atoms with Gasteiger partial charge in [0.1, 0.15) is 11.9 Å². The quantitative estimate of drug-likeness (QED) is 0.636. The number of hydrogen-bond acceptors (Lipinski definition) is 5. The van der Waals surface area contributed by atoms with E-state index >= 15 is 0 Å². The van der Waals surface area contributed by atoms with Crippen molar-refractivity contribution in [2.24, 2.45) is 11.7 Å². The molecule has 4 rings (SSSR count). The molecule has 0 saturated carbocycles. The molecule has 0 saturated heterocycles. The summed E-state index contributed by atoms with van der Waals surface area (Å²) in [5.74, 6) is -2.11. The molecule has 0 radical (unpaired) electrons. The fourth-order valence-electron chi connectivity index (χ4n) is 3.88. The van der Waals surface area contributed by atoms with Crippen LogP contribution in [0, 0.1) is 5.92 Å². The second-order valence-electron chi connectivity index (χ2n) is 7.60. The summed E-state index contributed by atoms with van der Waals surface area (Å²) in [6.07, 6.45) is 1.31. The van der Waals surface area contributed by atoms with Crippen molar-refractivity contribution in [2.75, 3.05) is 5.32 Å². The molecular weight excluding hydrogens is 388 g/mol. The first-order valence-corrected chi connectivity index (χ1v) is 9.64. The molecule has 0 bridgehead atoms. The molecule has 0 spiro atoms. The van der Waals surface area contributed by atoms with Gasteiger partial charge in [-0.3, -0.25) is 19.2 Å². The van der Waals surface area contributed by atoms with Gasteiger partial charge in [0.2, 0.25) is 17.7 Å². The highest BCUT2D eigenvalue weighted by atomic mass is 16.2. The average Bonchev–Trinajstić information content (AvgIpc) is 3.31. The number of benzene rings is 1. The van der Waals surface area contributed by atoms with Gasteiger partial charge in [-0.25, -0.2) is 4.98 Å². The van der Waals surface area contributed by atoms with Crippen LogP contribution in [-0.2, 0) is 34.0 Å². The molecule has 2 aromatic rings. The Bertz CT molecular complexity index is 1020. The lowest BCUT2D eigenvalue weighted by Gasteiger charge is -2.25. The molecule has 3 heterocycles. The lowest BCUT2D eigenvalue weighted by molar-refractivity contribution is -0.137. The predicted octanol–water partition coefficient (Wildman–Crippen LogP) is -0.0125. The summed E-state index contributed by atoms with van der Waals surface area (Å²) in [6.45, 7) is 2.87. The Hall–Kier alpha value is -3.69. The van der Waals surface area contributed by atoms with Gasteiger partial charge in [0.05, 0.1) is 12.2 Å². The summed E-state index contributed by atoms with van der Waals surface area (Å²) < 4.78 is 1.58. The first kappa shape index (κ1) is 19.6. The molecule has 0 aliphatic carbocycles. The van der Waals surface area contributed by atoms with Crippen LogP contribution in [0.1, 0.15) is 35.0 Å². The monoisotopic (exact) mass is 410 g/mol. The Labute approximate surface area is 172 Å². The zero-order valence-corrected chi connectivity index (χ0v) is 16.4. The molecule has 1 unspecified atom stereocenters. The third kappa shape index (κ3) is 3.63. The number of aromatic nitrogens is 2. The largest absolute Gasteiger partial charge is 0.364 e. The van der Waals surface area contributed by atoms with Gasteiger partial charge >= 0.3 is 0 Å². The Kier molecular flexibility index (Phi) is 4.98. The van der Waals surface area contributed by atoms with Crippen LogP contribution in [0.15, 0.2) is 30.6 Å². The van der Waals surface area contributed by atoms with E-state index in [-0.39, 0.29) is 30.4 Å². The van der Waals surface area contributed by atoms with E-state index in [1.54, 1.807) is 16.4 Å². The zero-order chi connectivity index (χ0) is 21.4. The second kappa shape index (κ2) is 7.62. The number of nitrogens with two attached hydrogens (primary N) is 1. The van der Waals surface area contributed by atoms with Crippen LogP contribution >= 0.6 is 0 Å². The van der Waals surface area contributed by atoms with Crippen LogP contribution in [-0.4, -0.2) is 44.1 Å². The number of hydrogen-bond donors (Lipinski definition) is 3. The lowest BCUT2D eigenvalue weighted by Crippen LogP contribution is -2.46. The van der Waals surface area contributed by atoms with Crippen LogP contribution in [0.5, 0.6) is 0 Å². The van der Waals surface area contributed by atoms with E-state index in [1.165, 1.54) is 6.33 Å². The van der Waals surface area contributed by atoms with Gasteiger partial charge in [0.25, 0.3) is 5.91 Å². The smallest absolute Gasteiger partial charge is 0.271 e. The van der Waals surface area contributed by atoms with Crippen molar-refractivity contribution in [1.82, 2.24) is 19.8 Å². The molecule has 2 aliphatic rings. The Morgan fingerprint density at radius 1 is 1.27 bits per heavy atom. The molecule has 2 aliphatic heterocycles. The highest BCUT2D eigenvalue weighted by molar-refractivity contribution is 6.03. The number of imidazole rings is 1. The number of carbonyl (C=O) groups is 4. The molecule has 1 aromatic heterocycles. The average molecular weight is 410 g/mol. The van der Waals surface area contributed by atoms with Crippen molar-refractivity contribution in [2.45, 2.75) is 39.0 Å². The zero-order valence-electron chi connectivity index (χ0n) is 16.4. The summed E-state index contributed by atoms with van der Waals surface area (Å²) in [6, 6.07) is 7.14. The number of rotatable bonds is 5. The Morgan fingerprint density at radius 2 is 1.93 bits per heavy atom. The fourth-order valence-corrected chi connectivity index (χ4v) is 3.88. The van der Waals surface area contributed by atoms with Crippen LogP contribution in [0.2, 0.25) is 0 Å². The third-order valence-electron chi connectivity index (χ3n) is 5.43. The number of primary amides is 1. The summed E-state index contributed by atoms with van der Waals surface area (Å²) in [5.41, 5.74) is 7.44. The van der Waals surface area contributed by atoms with Gasteiger partial charge < -0.3 is 25.8 Å². The maximum absolute atomic E-state index is 12.7. The number of carbonyl (C=O) groups excluding carboxylic acids is 4. The van der Waals surface area contributed by atoms with E-state index in [9.17, 15) is 19.2 Å².